The van der Waals surface area contributed by atoms with Crippen LogP contribution in [0.4, 0.5) is 28.7 Å². The van der Waals surface area contributed by atoms with Crippen LogP contribution < -0.4 is 15.4 Å². The maximum Gasteiger partial charge on any atom is 0.353 e. The summed E-state index contributed by atoms with van der Waals surface area (Å²) in [5, 5.41) is 17.7. The highest BCUT2D eigenvalue weighted by atomic mass is 16.6. The molecular formula is C19H19N5O3. The summed E-state index contributed by atoms with van der Waals surface area (Å²) >= 11 is 0. The molecule has 0 unspecified atom stereocenters. The van der Waals surface area contributed by atoms with E-state index in [-0.39, 0.29) is 17.3 Å². The van der Waals surface area contributed by atoms with Crippen molar-refractivity contribution in [1.82, 2.24) is 9.97 Å². The molecule has 1 aromatic heterocycles. The zero-order chi connectivity index (χ0) is 19.4. The number of para-hydroxylation sites is 2. The maximum atomic E-state index is 11.7. The van der Waals surface area contributed by atoms with E-state index in [1.807, 2.05) is 38.1 Å². The third kappa shape index (κ3) is 3.95. The van der Waals surface area contributed by atoms with E-state index in [1.165, 1.54) is 13.4 Å². The second-order valence-electron chi connectivity index (χ2n) is 5.95. The molecule has 0 amide bonds. The van der Waals surface area contributed by atoms with Gasteiger partial charge in [-0.15, -0.1) is 0 Å². The fourth-order valence-corrected chi connectivity index (χ4v) is 2.69. The van der Waals surface area contributed by atoms with Gasteiger partial charge in [-0.3, -0.25) is 10.1 Å². The van der Waals surface area contributed by atoms with Gasteiger partial charge in [0.2, 0.25) is 11.6 Å². The van der Waals surface area contributed by atoms with E-state index in [0.29, 0.717) is 11.4 Å². The van der Waals surface area contributed by atoms with E-state index in [4.69, 9.17) is 4.74 Å². The van der Waals surface area contributed by atoms with Crippen LogP contribution in [0.15, 0.2) is 48.8 Å². The van der Waals surface area contributed by atoms with E-state index in [0.717, 1.165) is 16.8 Å². The van der Waals surface area contributed by atoms with E-state index in [1.54, 1.807) is 18.2 Å². The van der Waals surface area contributed by atoms with Crippen LogP contribution in [-0.2, 0) is 0 Å². The van der Waals surface area contributed by atoms with E-state index in [9.17, 15) is 10.1 Å². The van der Waals surface area contributed by atoms with E-state index >= 15 is 0 Å². The van der Waals surface area contributed by atoms with Gasteiger partial charge < -0.3 is 15.4 Å². The lowest BCUT2D eigenvalue weighted by Gasteiger charge is -2.13. The SMILES string of the molecule is COc1ccccc1Nc1ncnc(Nc2ccc(C)cc2C)c1[N+](=O)[O-]. The number of benzene rings is 2. The van der Waals surface area contributed by atoms with Crippen molar-refractivity contribution in [3.63, 3.8) is 0 Å². The third-order valence-electron chi connectivity index (χ3n) is 4.00. The number of nitro groups is 1. The Kier molecular flexibility index (Phi) is 5.16. The van der Waals surface area contributed by atoms with Crippen LogP contribution in [0.5, 0.6) is 5.75 Å². The first kappa shape index (κ1) is 18.1. The highest BCUT2D eigenvalue weighted by Crippen LogP contribution is 2.35. The second-order valence-corrected chi connectivity index (χ2v) is 5.95. The Morgan fingerprint density at radius 3 is 2.30 bits per heavy atom. The number of hydrogen-bond donors (Lipinski definition) is 2. The lowest BCUT2D eigenvalue weighted by Crippen LogP contribution is -2.06. The highest BCUT2D eigenvalue weighted by molar-refractivity contribution is 5.78. The summed E-state index contributed by atoms with van der Waals surface area (Å²) in [6.07, 6.45) is 1.27. The predicted octanol–water partition coefficient (Wildman–Crippen LogP) is 4.50. The summed E-state index contributed by atoms with van der Waals surface area (Å²) in [5.74, 6) is 0.736. The molecule has 0 spiro atoms. The van der Waals surface area contributed by atoms with Crippen molar-refractivity contribution in [2.45, 2.75) is 13.8 Å². The van der Waals surface area contributed by atoms with Crippen LogP contribution in [0, 0.1) is 24.0 Å². The molecule has 2 aromatic carbocycles. The molecule has 138 valence electrons. The third-order valence-corrected chi connectivity index (χ3v) is 4.00. The van der Waals surface area contributed by atoms with Crippen LogP contribution in [0.2, 0.25) is 0 Å². The van der Waals surface area contributed by atoms with Gasteiger partial charge in [0.25, 0.3) is 0 Å². The minimum atomic E-state index is -0.510. The first-order valence-electron chi connectivity index (χ1n) is 8.23. The van der Waals surface area contributed by atoms with Crippen LogP contribution in [0.25, 0.3) is 0 Å². The topological polar surface area (TPSA) is 102 Å². The fourth-order valence-electron chi connectivity index (χ4n) is 2.69. The largest absolute Gasteiger partial charge is 0.495 e. The van der Waals surface area contributed by atoms with Crippen LogP contribution in [0.1, 0.15) is 11.1 Å². The summed E-state index contributed by atoms with van der Waals surface area (Å²) in [7, 11) is 1.53. The number of methoxy groups -OCH3 is 1. The molecule has 0 saturated heterocycles. The lowest BCUT2D eigenvalue weighted by molar-refractivity contribution is -0.383. The number of hydrogen-bond acceptors (Lipinski definition) is 7. The molecule has 0 fully saturated rings. The van der Waals surface area contributed by atoms with Gasteiger partial charge in [-0.05, 0) is 37.6 Å². The fraction of sp³-hybridized carbons (Fsp3) is 0.158. The molecule has 27 heavy (non-hydrogen) atoms. The normalized spacial score (nSPS) is 10.3. The molecule has 8 nitrogen and oxygen atoms in total. The number of nitrogens with one attached hydrogen (secondary N) is 2. The number of anilines is 4. The predicted molar refractivity (Wildman–Crippen MR) is 104 cm³/mol. The van der Waals surface area contributed by atoms with Gasteiger partial charge in [0, 0.05) is 5.69 Å². The van der Waals surface area contributed by atoms with Crippen LogP contribution in [-0.4, -0.2) is 22.0 Å². The lowest BCUT2D eigenvalue weighted by atomic mass is 10.1. The summed E-state index contributed by atoms with van der Waals surface area (Å²) in [6.45, 7) is 3.91. The van der Waals surface area contributed by atoms with Crippen molar-refractivity contribution in [1.29, 1.82) is 0 Å². The van der Waals surface area contributed by atoms with Crippen molar-refractivity contribution in [3.8, 4) is 5.75 Å². The van der Waals surface area contributed by atoms with Gasteiger partial charge in [-0.1, -0.05) is 29.8 Å². The number of aryl methyl sites for hydroxylation is 2. The number of rotatable bonds is 6. The second kappa shape index (κ2) is 7.69. The van der Waals surface area contributed by atoms with Crippen molar-refractivity contribution in [2.24, 2.45) is 0 Å². The first-order chi connectivity index (χ1) is 13.0. The summed E-state index contributed by atoms with van der Waals surface area (Å²) in [6, 6.07) is 12.9. The Morgan fingerprint density at radius 2 is 1.67 bits per heavy atom. The molecule has 0 bridgehead atoms. The van der Waals surface area contributed by atoms with Gasteiger partial charge in [-0.2, -0.15) is 0 Å². The van der Waals surface area contributed by atoms with Crippen LogP contribution in [0.3, 0.4) is 0 Å². The summed E-state index contributed by atoms with van der Waals surface area (Å²) in [5.41, 5.74) is 3.13. The zero-order valence-electron chi connectivity index (χ0n) is 15.2. The van der Waals surface area contributed by atoms with Gasteiger partial charge >= 0.3 is 5.69 Å². The molecule has 0 aliphatic heterocycles. The number of nitrogens with zero attached hydrogens (tertiary/aromatic N) is 3. The molecule has 0 aliphatic rings. The standard InChI is InChI=1S/C19H19N5O3/c1-12-8-9-14(13(2)10-12)22-18-17(24(25)26)19(21-11-20-18)23-15-6-4-5-7-16(15)27-3/h4-11H,1-3H3,(H2,20,21,22,23). The van der Waals surface area contributed by atoms with Crippen molar-refractivity contribution in [2.75, 3.05) is 17.7 Å². The van der Waals surface area contributed by atoms with Crippen molar-refractivity contribution in [3.05, 3.63) is 70.0 Å². The molecule has 2 N–H and O–H groups in total. The van der Waals surface area contributed by atoms with Crippen molar-refractivity contribution >= 4 is 28.7 Å². The Balaban J connectivity index is 2.01. The average Bonchev–Trinajstić information content (AvgIpc) is 2.64. The maximum absolute atomic E-state index is 11.7. The van der Waals surface area contributed by atoms with Gasteiger partial charge in [0.1, 0.15) is 12.1 Å². The van der Waals surface area contributed by atoms with E-state index in [2.05, 4.69) is 20.6 Å². The van der Waals surface area contributed by atoms with Gasteiger partial charge in [-0.25, -0.2) is 9.97 Å². The molecule has 0 aliphatic carbocycles. The molecule has 0 saturated carbocycles. The van der Waals surface area contributed by atoms with Gasteiger partial charge in [0.15, 0.2) is 0 Å². The average molecular weight is 365 g/mol. The van der Waals surface area contributed by atoms with Crippen molar-refractivity contribution < 1.29 is 9.66 Å². The van der Waals surface area contributed by atoms with Crippen LogP contribution >= 0.6 is 0 Å². The Morgan fingerprint density at radius 1 is 1.00 bits per heavy atom. The smallest absolute Gasteiger partial charge is 0.353 e. The quantitative estimate of drug-likeness (QED) is 0.490. The molecule has 3 aromatic rings. The minimum Gasteiger partial charge on any atom is -0.495 e. The molecule has 3 rings (SSSR count). The molecule has 1 heterocycles. The Hall–Kier alpha value is -3.68. The molecule has 0 atom stereocenters. The Bertz CT molecular complexity index is 991. The number of ether oxygens (including phenoxy) is 1. The van der Waals surface area contributed by atoms with Gasteiger partial charge in [0.05, 0.1) is 17.7 Å². The number of aromatic nitrogens is 2. The Labute approximate surface area is 156 Å². The molecular weight excluding hydrogens is 346 g/mol. The molecule has 0 radical (unpaired) electrons. The minimum absolute atomic E-state index is 0.0757. The molecule has 8 heteroatoms. The zero-order valence-corrected chi connectivity index (χ0v) is 15.2. The first-order valence-corrected chi connectivity index (χ1v) is 8.23. The summed E-state index contributed by atoms with van der Waals surface area (Å²) < 4.78 is 5.28. The monoisotopic (exact) mass is 365 g/mol. The summed E-state index contributed by atoms with van der Waals surface area (Å²) in [4.78, 5) is 19.3. The highest BCUT2D eigenvalue weighted by Gasteiger charge is 2.24. The van der Waals surface area contributed by atoms with E-state index < -0.39 is 4.92 Å².